The van der Waals surface area contributed by atoms with Gasteiger partial charge >= 0.3 is 0 Å². The van der Waals surface area contributed by atoms with Gasteiger partial charge in [-0.2, -0.15) is 0 Å². The molecule has 0 saturated carbocycles. The van der Waals surface area contributed by atoms with Gasteiger partial charge in [0, 0.05) is 0 Å². The summed E-state index contributed by atoms with van der Waals surface area (Å²) < 4.78 is 0. The lowest BCUT2D eigenvalue weighted by atomic mass is 9.99. The maximum absolute atomic E-state index is 2.29. The minimum absolute atomic E-state index is 0.987. The molecule has 0 radical (unpaired) electrons. The third kappa shape index (κ3) is 2.97. The van der Waals surface area contributed by atoms with E-state index >= 15 is 0 Å². The van der Waals surface area contributed by atoms with Crippen LogP contribution in [0, 0.1) is 6.92 Å². The third-order valence-corrected chi connectivity index (χ3v) is 3.56. The first-order valence-electron chi connectivity index (χ1n) is 7.01. The summed E-state index contributed by atoms with van der Waals surface area (Å²) in [5, 5.41) is 0. The summed E-state index contributed by atoms with van der Waals surface area (Å²) in [5.74, 6) is 0. The molecule has 0 heterocycles. The Balaban J connectivity index is 1.88. The Kier molecular flexibility index (Phi) is 3.64. The van der Waals surface area contributed by atoms with Crippen LogP contribution in [0.4, 0.5) is 0 Å². The number of hydrogen-bond donors (Lipinski definition) is 0. The van der Waals surface area contributed by atoms with Crippen LogP contribution < -0.4 is 0 Å². The lowest BCUT2D eigenvalue weighted by molar-refractivity contribution is 1.19. The first-order chi connectivity index (χ1) is 9.81. The van der Waals surface area contributed by atoms with Gasteiger partial charge in [-0.05, 0) is 35.6 Å². The van der Waals surface area contributed by atoms with Crippen molar-refractivity contribution in [3.05, 3.63) is 95.6 Å². The molecule has 0 atom stereocenters. The summed E-state index contributed by atoms with van der Waals surface area (Å²) in [6.45, 7) is 2.12. The van der Waals surface area contributed by atoms with Gasteiger partial charge in [-0.25, -0.2) is 0 Å². The zero-order chi connectivity index (χ0) is 13.8. The molecular formula is C20H18. The number of hydrogen-bond acceptors (Lipinski definition) is 0. The molecule has 0 nitrogen and oxygen atoms in total. The van der Waals surface area contributed by atoms with E-state index in [9.17, 15) is 0 Å². The van der Waals surface area contributed by atoms with Gasteiger partial charge in [-0.15, -0.1) is 0 Å². The van der Waals surface area contributed by atoms with Crippen molar-refractivity contribution < 1.29 is 0 Å². The van der Waals surface area contributed by atoms with Crippen molar-refractivity contribution in [2.24, 2.45) is 0 Å². The highest BCUT2D eigenvalue weighted by atomic mass is 14.1. The number of benzene rings is 3. The average molecular weight is 258 g/mol. The zero-order valence-electron chi connectivity index (χ0n) is 11.7. The minimum Gasteiger partial charge on any atom is -0.0622 e. The van der Waals surface area contributed by atoms with Crippen LogP contribution in [0.2, 0.25) is 0 Å². The highest BCUT2D eigenvalue weighted by molar-refractivity contribution is 5.64. The summed E-state index contributed by atoms with van der Waals surface area (Å²) >= 11 is 0. The molecule has 0 N–H and O–H groups in total. The van der Waals surface area contributed by atoms with Gasteiger partial charge < -0.3 is 0 Å². The first-order valence-corrected chi connectivity index (χ1v) is 7.01. The van der Waals surface area contributed by atoms with E-state index in [1.807, 2.05) is 0 Å². The summed E-state index contributed by atoms with van der Waals surface area (Å²) in [5.41, 5.74) is 6.58. The van der Waals surface area contributed by atoms with Crippen LogP contribution in [-0.4, -0.2) is 0 Å². The van der Waals surface area contributed by atoms with Crippen molar-refractivity contribution in [3.8, 4) is 11.1 Å². The van der Waals surface area contributed by atoms with E-state index in [-0.39, 0.29) is 0 Å². The van der Waals surface area contributed by atoms with Crippen molar-refractivity contribution in [3.63, 3.8) is 0 Å². The summed E-state index contributed by atoms with van der Waals surface area (Å²) in [6, 6.07) is 28.1. The van der Waals surface area contributed by atoms with E-state index in [0.717, 1.165) is 6.42 Å². The molecule has 0 fully saturated rings. The quantitative estimate of drug-likeness (QED) is 0.601. The summed E-state index contributed by atoms with van der Waals surface area (Å²) in [6.07, 6.45) is 0.987. The molecule has 0 heteroatoms. The van der Waals surface area contributed by atoms with E-state index in [1.54, 1.807) is 0 Å². The highest BCUT2D eigenvalue weighted by Gasteiger charge is 2.00. The maximum Gasteiger partial charge on any atom is -0.00256 e. The Hall–Kier alpha value is -2.34. The van der Waals surface area contributed by atoms with E-state index in [2.05, 4.69) is 85.8 Å². The predicted octanol–water partition coefficient (Wildman–Crippen LogP) is 5.25. The van der Waals surface area contributed by atoms with Gasteiger partial charge in [0.05, 0.1) is 0 Å². The van der Waals surface area contributed by atoms with E-state index in [0.29, 0.717) is 0 Å². The fourth-order valence-corrected chi connectivity index (χ4v) is 2.44. The molecule has 3 rings (SSSR count). The Bertz CT molecular complexity index is 679. The van der Waals surface area contributed by atoms with Gasteiger partial charge in [0.25, 0.3) is 0 Å². The maximum atomic E-state index is 2.29. The number of rotatable bonds is 3. The Morgan fingerprint density at radius 2 is 1.30 bits per heavy atom. The average Bonchev–Trinajstić information content (AvgIpc) is 2.49. The molecule has 0 aliphatic heterocycles. The molecule has 3 aromatic rings. The van der Waals surface area contributed by atoms with Crippen LogP contribution in [0.5, 0.6) is 0 Å². The predicted molar refractivity (Wildman–Crippen MR) is 85.9 cm³/mol. The molecule has 0 spiro atoms. The second kappa shape index (κ2) is 5.75. The SMILES string of the molecule is Cc1ccc(-c2cccc(Cc3ccccc3)c2)cc1. The smallest absolute Gasteiger partial charge is 0.00256 e. The van der Waals surface area contributed by atoms with E-state index in [4.69, 9.17) is 0 Å². The van der Waals surface area contributed by atoms with Gasteiger partial charge in [0.1, 0.15) is 0 Å². The molecule has 0 bridgehead atoms. The van der Waals surface area contributed by atoms with Gasteiger partial charge in [-0.3, -0.25) is 0 Å². The molecule has 98 valence electrons. The van der Waals surface area contributed by atoms with Crippen molar-refractivity contribution in [2.45, 2.75) is 13.3 Å². The van der Waals surface area contributed by atoms with E-state index < -0.39 is 0 Å². The van der Waals surface area contributed by atoms with Crippen LogP contribution in [0.15, 0.2) is 78.9 Å². The van der Waals surface area contributed by atoms with Crippen molar-refractivity contribution >= 4 is 0 Å². The van der Waals surface area contributed by atoms with E-state index in [1.165, 1.54) is 27.8 Å². The fourth-order valence-electron chi connectivity index (χ4n) is 2.44. The molecule has 0 amide bonds. The zero-order valence-corrected chi connectivity index (χ0v) is 11.7. The van der Waals surface area contributed by atoms with Crippen LogP contribution in [0.1, 0.15) is 16.7 Å². The van der Waals surface area contributed by atoms with Crippen LogP contribution in [0.3, 0.4) is 0 Å². The highest BCUT2D eigenvalue weighted by Crippen LogP contribution is 2.22. The molecule has 3 aromatic carbocycles. The van der Waals surface area contributed by atoms with Crippen molar-refractivity contribution in [1.29, 1.82) is 0 Å². The molecule has 20 heavy (non-hydrogen) atoms. The second-order valence-electron chi connectivity index (χ2n) is 5.23. The molecule has 0 saturated heterocycles. The lowest BCUT2D eigenvalue weighted by Crippen LogP contribution is -1.88. The van der Waals surface area contributed by atoms with Crippen molar-refractivity contribution in [2.75, 3.05) is 0 Å². The van der Waals surface area contributed by atoms with Crippen LogP contribution >= 0.6 is 0 Å². The van der Waals surface area contributed by atoms with Crippen LogP contribution in [-0.2, 0) is 6.42 Å². The standard InChI is InChI=1S/C20H18/c1-16-10-12-19(13-11-16)20-9-5-8-18(15-20)14-17-6-3-2-4-7-17/h2-13,15H,14H2,1H3. The normalized spacial score (nSPS) is 10.4. The van der Waals surface area contributed by atoms with Gasteiger partial charge in [0.2, 0.25) is 0 Å². The molecule has 0 aromatic heterocycles. The molecule has 0 aliphatic carbocycles. The monoisotopic (exact) mass is 258 g/mol. The topological polar surface area (TPSA) is 0 Å². The summed E-state index contributed by atoms with van der Waals surface area (Å²) in [4.78, 5) is 0. The molecular weight excluding hydrogens is 240 g/mol. The largest absolute Gasteiger partial charge is 0.0622 e. The summed E-state index contributed by atoms with van der Waals surface area (Å²) in [7, 11) is 0. The fraction of sp³-hybridized carbons (Fsp3) is 0.100. The Morgan fingerprint density at radius 3 is 2.05 bits per heavy atom. The minimum atomic E-state index is 0.987. The first kappa shape index (κ1) is 12.7. The number of aryl methyl sites for hydroxylation is 1. The third-order valence-electron chi connectivity index (χ3n) is 3.56. The van der Waals surface area contributed by atoms with Crippen LogP contribution in [0.25, 0.3) is 11.1 Å². The Morgan fingerprint density at radius 1 is 0.600 bits per heavy atom. The van der Waals surface area contributed by atoms with Gasteiger partial charge in [-0.1, -0.05) is 84.4 Å². The lowest BCUT2D eigenvalue weighted by Gasteiger charge is -2.06. The Labute approximate surface area is 120 Å². The van der Waals surface area contributed by atoms with Crippen molar-refractivity contribution in [1.82, 2.24) is 0 Å². The second-order valence-corrected chi connectivity index (χ2v) is 5.23. The molecule has 0 aliphatic rings. The van der Waals surface area contributed by atoms with Gasteiger partial charge in [0.15, 0.2) is 0 Å². The molecule has 0 unspecified atom stereocenters.